The molecule has 4 saturated heterocycles. The van der Waals surface area contributed by atoms with Gasteiger partial charge in [-0.3, -0.25) is 24.1 Å². The van der Waals surface area contributed by atoms with E-state index in [-0.39, 0.29) is 29.3 Å². The third-order valence-electron chi connectivity index (χ3n) is 8.35. The first kappa shape index (κ1) is 18.4. The van der Waals surface area contributed by atoms with E-state index in [0.29, 0.717) is 23.4 Å². The summed E-state index contributed by atoms with van der Waals surface area (Å²) in [4.78, 5) is 57.4. The number of nitrogens with zero attached hydrogens (tertiary/aromatic N) is 2. The highest BCUT2D eigenvalue weighted by molar-refractivity contribution is 6.33. The largest absolute Gasteiger partial charge is 0.373 e. The second-order valence-electron chi connectivity index (χ2n) is 9.50. The van der Waals surface area contributed by atoms with E-state index in [4.69, 9.17) is 4.74 Å². The zero-order valence-corrected chi connectivity index (χ0v) is 17.3. The van der Waals surface area contributed by atoms with Crippen LogP contribution in [-0.4, -0.2) is 59.6 Å². The van der Waals surface area contributed by atoms with Crippen molar-refractivity contribution in [3.05, 3.63) is 65.7 Å². The number of imide groups is 1. The summed E-state index contributed by atoms with van der Waals surface area (Å²) in [7, 11) is 1.80. The molecule has 32 heavy (non-hydrogen) atoms. The van der Waals surface area contributed by atoms with Crippen molar-refractivity contribution in [2.75, 3.05) is 18.5 Å². The van der Waals surface area contributed by atoms with Crippen molar-refractivity contribution < 1.29 is 23.9 Å². The Hall–Kier alpha value is -3.16. The lowest BCUT2D eigenvalue weighted by molar-refractivity contribution is -0.125. The van der Waals surface area contributed by atoms with Crippen LogP contribution in [0.1, 0.15) is 20.7 Å². The highest BCUT2D eigenvalue weighted by Gasteiger charge is 2.78. The van der Waals surface area contributed by atoms with Gasteiger partial charge in [0.1, 0.15) is 0 Å². The van der Waals surface area contributed by atoms with E-state index in [9.17, 15) is 19.2 Å². The van der Waals surface area contributed by atoms with Crippen molar-refractivity contribution in [1.29, 1.82) is 0 Å². The lowest BCUT2D eigenvalue weighted by Crippen LogP contribution is -2.59. The second-order valence-corrected chi connectivity index (χ2v) is 9.50. The fraction of sp³-hybridized carbons (Fsp3) is 0.360. The van der Waals surface area contributed by atoms with Crippen LogP contribution in [0.2, 0.25) is 0 Å². The van der Waals surface area contributed by atoms with Crippen molar-refractivity contribution in [1.82, 2.24) is 4.90 Å². The van der Waals surface area contributed by atoms with E-state index < -0.39 is 35.5 Å². The zero-order chi connectivity index (χ0) is 21.9. The summed E-state index contributed by atoms with van der Waals surface area (Å²) in [6.45, 7) is 0.479. The summed E-state index contributed by atoms with van der Waals surface area (Å²) >= 11 is 0. The Morgan fingerprint density at radius 3 is 2.00 bits per heavy atom. The molecule has 7 rings (SSSR count). The molecule has 4 aliphatic heterocycles. The summed E-state index contributed by atoms with van der Waals surface area (Å²) in [5.74, 6) is -2.78. The molecule has 160 valence electrons. The molecule has 2 aromatic carbocycles. The van der Waals surface area contributed by atoms with Crippen LogP contribution in [-0.2, 0) is 14.3 Å². The van der Waals surface area contributed by atoms with Crippen molar-refractivity contribution in [3.63, 3.8) is 0 Å². The number of hydrogen-bond donors (Lipinski definition) is 0. The maximum atomic E-state index is 13.7. The summed E-state index contributed by atoms with van der Waals surface area (Å²) in [6, 6.07) is 15.8. The van der Waals surface area contributed by atoms with Crippen LogP contribution >= 0.6 is 0 Å². The maximum Gasteiger partial charge on any atom is 0.240 e. The van der Waals surface area contributed by atoms with Gasteiger partial charge in [-0.25, -0.2) is 4.90 Å². The number of likely N-dealkylation sites (tertiary alicyclic amines) is 1. The quantitative estimate of drug-likeness (QED) is 0.507. The van der Waals surface area contributed by atoms with Gasteiger partial charge in [-0.1, -0.05) is 42.5 Å². The molecule has 4 fully saturated rings. The van der Waals surface area contributed by atoms with Crippen molar-refractivity contribution >= 4 is 29.1 Å². The van der Waals surface area contributed by atoms with Crippen molar-refractivity contribution in [3.8, 4) is 0 Å². The van der Waals surface area contributed by atoms with E-state index in [2.05, 4.69) is 0 Å². The van der Waals surface area contributed by atoms with Gasteiger partial charge in [-0.2, -0.15) is 0 Å². The molecule has 5 aliphatic rings. The number of anilines is 1. The molecule has 4 unspecified atom stereocenters. The molecule has 2 aromatic rings. The predicted molar refractivity (Wildman–Crippen MR) is 112 cm³/mol. The molecule has 0 aromatic heterocycles. The molecule has 2 amide bonds. The Kier molecular flexibility index (Phi) is 3.33. The van der Waals surface area contributed by atoms with Gasteiger partial charge in [-0.05, 0) is 19.2 Å². The number of para-hydroxylation sites is 1. The fourth-order valence-corrected chi connectivity index (χ4v) is 7.23. The fourth-order valence-electron chi connectivity index (χ4n) is 7.23. The minimum absolute atomic E-state index is 0.152. The third-order valence-corrected chi connectivity index (χ3v) is 8.35. The molecule has 4 heterocycles. The van der Waals surface area contributed by atoms with Gasteiger partial charge in [0.15, 0.2) is 17.1 Å². The number of benzene rings is 2. The van der Waals surface area contributed by atoms with Gasteiger partial charge < -0.3 is 4.74 Å². The molecule has 0 N–H and O–H groups in total. The average molecular weight is 428 g/mol. The molecule has 1 spiro atoms. The first-order valence-electron chi connectivity index (χ1n) is 11.0. The number of ketones is 2. The molecule has 0 saturated carbocycles. The van der Waals surface area contributed by atoms with Crippen LogP contribution in [0, 0.1) is 23.7 Å². The predicted octanol–water partition coefficient (Wildman–Crippen LogP) is 1.57. The number of rotatable bonds is 1. The van der Waals surface area contributed by atoms with Crippen molar-refractivity contribution in [2.45, 2.75) is 17.7 Å². The summed E-state index contributed by atoms with van der Waals surface area (Å²) in [6.07, 6.45) is -1.10. The van der Waals surface area contributed by atoms with Gasteiger partial charge in [0, 0.05) is 29.5 Å². The molecular weight excluding hydrogens is 408 g/mol. The lowest BCUT2D eigenvalue weighted by Gasteiger charge is -2.37. The second kappa shape index (κ2) is 5.79. The van der Waals surface area contributed by atoms with Crippen LogP contribution in [0.3, 0.4) is 0 Å². The van der Waals surface area contributed by atoms with Crippen LogP contribution in [0.4, 0.5) is 5.69 Å². The van der Waals surface area contributed by atoms with Gasteiger partial charge in [0.05, 0.1) is 29.7 Å². The van der Waals surface area contributed by atoms with Crippen molar-refractivity contribution in [2.24, 2.45) is 23.7 Å². The Morgan fingerprint density at radius 1 is 0.812 bits per heavy atom. The van der Waals surface area contributed by atoms with Gasteiger partial charge >= 0.3 is 0 Å². The number of carbonyl (C=O) groups is 4. The highest BCUT2D eigenvalue weighted by atomic mass is 16.5. The van der Waals surface area contributed by atoms with E-state index in [1.807, 2.05) is 11.0 Å². The van der Waals surface area contributed by atoms with E-state index in [1.165, 1.54) is 4.90 Å². The lowest BCUT2D eigenvalue weighted by atomic mass is 9.63. The van der Waals surface area contributed by atoms with E-state index in [0.717, 1.165) is 0 Å². The standard InChI is InChI=1S/C25H20N2O5/c1-26-11-15-18(25(26)21(28)13-9-5-6-10-14(13)22(25)29)20-17-16(19(15)32-20)23(30)27(24(17)31)12-7-3-2-4-8-12/h2-10,15-20H,11H2,1H3/t15?,16?,17?,18?,19-,20+/m0/s1. The summed E-state index contributed by atoms with van der Waals surface area (Å²) in [5, 5.41) is 0. The Morgan fingerprint density at radius 2 is 1.38 bits per heavy atom. The smallest absolute Gasteiger partial charge is 0.240 e. The highest BCUT2D eigenvalue weighted by Crippen LogP contribution is 2.62. The van der Waals surface area contributed by atoms with E-state index >= 15 is 0 Å². The number of carbonyl (C=O) groups excluding carboxylic acids is 4. The average Bonchev–Trinajstić information content (AvgIpc) is 3.55. The van der Waals surface area contributed by atoms with Gasteiger partial charge in [-0.15, -0.1) is 0 Å². The molecule has 1 aliphatic carbocycles. The molecule has 7 nitrogen and oxygen atoms in total. The summed E-state index contributed by atoms with van der Waals surface area (Å²) in [5.41, 5.74) is 0.0595. The zero-order valence-electron chi connectivity index (χ0n) is 17.3. The molecule has 0 radical (unpaired) electrons. The SMILES string of the molecule is CN1CC2C([C@@H]3O[C@@H]2C2C(=O)N(c4ccccc4)C(=O)C23)C12C(=O)c1ccccc1C2=O. The third kappa shape index (κ3) is 1.80. The van der Waals surface area contributed by atoms with Crippen LogP contribution < -0.4 is 4.90 Å². The van der Waals surface area contributed by atoms with Crippen LogP contribution in [0.15, 0.2) is 54.6 Å². The van der Waals surface area contributed by atoms with Crippen LogP contribution in [0.25, 0.3) is 0 Å². The Bertz CT molecular complexity index is 1200. The number of ether oxygens (including phenoxy) is 1. The number of likely N-dealkylation sites (N-methyl/N-ethyl adjacent to an activating group) is 1. The normalized spacial score (nSPS) is 36.3. The Labute approximate surface area is 183 Å². The molecular formula is C25H20N2O5. The molecule has 6 atom stereocenters. The topological polar surface area (TPSA) is 84.0 Å². The molecule has 7 heteroatoms. The first-order chi connectivity index (χ1) is 15.5. The minimum atomic E-state index is -1.36. The van der Waals surface area contributed by atoms with Gasteiger partial charge in [0.25, 0.3) is 0 Å². The monoisotopic (exact) mass is 428 g/mol. The van der Waals surface area contributed by atoms with Gasteiger partial charge in [0.2, 0.25) is 11.8 Å². The number of Topliss-reactive ketones (excluding diaryl/α,β-unsaturated/α-hetero) is 2. The summed E-state index contributed by atoms with van der Waals surface area (Å²) < 4.78 is 6.26. The number of fused-ring (bicyclic) bond motifs is 10. The number of hydrogen-bond acceptors (Lipinski definition) is 6. The van der Waals surface area contributed by atoms with Crippen LogP contribution in [0.5, 0.6) is 0 Å². The maximum absolute atomic E-state index is 13.7. The number of amides is 2. The van der Waals surface area contributed by atoms with E-state index in [1.54, 1.807) is 55.6 Å². The minimum Gasteiger partial charge on any atom is -0.373 e. The first-order valence-corrected chi connectivity index (χ1v) is 11.0. The molecule has 2 bridgehead atoms. The Balaban J connectivity index is 1.34.